The summed E-state index contributed by atoms with van der Waals surface area (Å²) in [6, 6.07) is 10.5. The summed E-state index contributed by atoms with van der Waals surface area (Å²) in [5.74, 6) is -1.09. The fourth-order valence-electron chi connectivity index (χ4n) is 2.61. The van der Waals surface area contributed by atoms with Crippen molar-refractivity contribution in [3.05, 3.63) is 58.3 Å². The van der Waals surface area contributed by atoms with Crippen LogP contribution in [0.5, 0.6) is 11.5 Å². The van der Waals surface area contributed by atoms with Gasteiger partial charge in [-0.3, -0.25) is 9.59 Å². The Morgan fingerprint density at radius 1 is 1.03 bits per heavy atom. The number of hydrogen-bond acceptors (Lipinski definition) is 6. The van der Waals surface area contributed by atoms with Gasteiger partial charge in [-0.05, 0) is 57.2 Å². The number of methoxy groups -OCH3 is 1. The Labute approximate surface area is 166 Å². The molecule has 150 valence electrons. The number of aromatic carboxylic acids is 1. The number of fused-ring (bicyclic) bond motifs is 1. The van der Waals surface area contributed by atoms with E-state index in [0.29, 0.717) is 11.3 Å². The number of rotatable bonds is 4. The van der Waals surface area contributed by atoms with Gasteiger partial charge in [-0.25, -0.2) is 4.79 Å². The van der Waals surface area contributed by atoms with E-state index < -0.39 is 22.8 Å². The summed E-state index contributed by atoms with van der Waals surface area (Å²) >= 11 is 0. The minimum Gasteiger partial charge on any atom is -0.497 e. The highest BCUT2D eigenvalue weighted by molar-refractivity contribution is 5.97. The first-order valence-corrected chi connectivity index (χ1v) is 8.82. The smallest absolute Gasteiger partial charge is 0.335 e. The van der Waals surface area contributed by atoms with Crippen LogP contribution in [0.2, 0.25) is 0 Å². The van der Waals surface area contributed by atoms with Gasteiger partial charge < -0.3 is 19.0 Å². The van der Waals surface area contributed by atoms with Gasteiger partial charge in [0.2, 0.25) is 0 Å². The fourth-order valence-corrected chi connectivity index (χ4v) is 2.61. The molecule has 0 atom stereocenters. The highest BCUT2D eigenvalue weighted by Gasteiger charge is 2.26. The molecule has 0 saturated heterocycles. The molecule has 0 bridgehead atoms. The Morgan fingerprint density at radius 3 is 2.24 bits per heavy atom. The lowest BCUT2D eigenvalue weighted by atomic mass is 9.97. The Kier molecular flexibility index (Phi) is 5.16. The van der Waals surface area contributed by atoms with Crippen LogP contribution in [0.1, 0.15) is 31.1 Å². The molecule has 2 aromatic carbocycles. The molecule has 0 aliphatic rings. The van der Waals surface area contributed by atoms with Crippen molar-refractivity contribution in [1.82, 2.24) is 0 Å². The first-order valence-electron chi connectivity index (χ1n) is 8.82. The van der Waals surface area contributed by atoms with Crippen molar-refractivity contribution < 1.29 is 28.6 Å². The molecule has 3 aromatic rings. The highest BCUT2D eigenvalue weighted by atomic mass is 16.5. The van der Waals surface area contributed by atoms with Crippen LogP contribution in [0.15, 0.2) is 51.7 Å². The van der Waals surface area contributed by atoms with Crippen molar-refractivity contribution in [2.75, 3.05) is 7.11 Å². The summed E-state index contributed by atoms with van der Waals surface area (Å²) in [4.78, 5) is 36.6. The molecule has 1 N–H and O–H groups in total. The molecule has 0 saturated carbocycles. The van der Waals surface area contributed by atoms with E-state index in [1.165, 1.54) is 12.1 Å². The van der Waals surface area contributed by atoms with Gasteiger partial charge in [0.15, 0.2) is 5.43 Å². The van der Waals surface area contributed by atoms with Crippen LogP contribution in [0.25, 0.3) is 22.3 Å². The van der Waals surface area contributed by atoms with Crippen LogP contribution in [-0.4, -0.2) is 24.2 Å². The maximum atomic E-state index is 12.8. The standard InChI is InChI=1S/C22H20O7/c1-22(2,3)21(26)29-18-10-13(20(24)25)9-17-19(18)15(23)11-16(28-17)12-5-7-14(27-4)8-6-12/h5-11H,1-4H3,(H,24,25). The van der Waals surface area contributed by atoms with Gasteiger partial charge in [-0.15, -0.1) is 0 Å². The van der Waals surface area contributed by atoms with Gasteiger partial charge >= 0.3 is 11.9 Å². The summed E-state index contributed by atoms with van der Waals surface area (Å²) in [5.41, 5.74) is -0.831. The molecular formula is C22H20O7. The SMILES string of the molecule is COc1ccc(-c2cc(=O)c3c(OC(=O)C(C)(C)C)cc(C(=O)O)cc3o2)cc1. The van der Waals surface area contributed by atoms with E-state index in [-0.39, 0.29) is 28.0 Å². The zero-order chi connectivity index (χ0) is 21.3. The van der Waals surface area contributed by atoms with Crippen molar-refractivity contribution in [2.45, 2.75) is 20.8 Å². The molecule has 29 heavy (non-hydrogen) atoms. The third kappa shape index (κ3) is 4.13. The molecule has 1 heterocycles. The van der Waals surface area contributed by atoms with Gasteiger partial charge in [-0.1, -0.05) is 0 Å². The van der Waals surface area contributed by atoms with Gasteiger partial charge in [0.1, 0.15) is 28.2 Å². The maximum absolute atomic E-state index is 12.8. The normalized spacial score (nSPS) is 11.3. The fraction of sp³-hybridized carbons (Fsp3) is 0.227. The van der Waals surface area contributed by atoms with Crippen LogP contribution < -0.4 is 14.9 Å². The number of carboxylic acids is 1. The topological polar surface area (TPSA) is 103 Å². The second-order valence-corrected chi connectivity index (χ2v) is 7.50. The van der Waals surface area contributed by atoms with E-state index in [1.807, 2.05) is 0 Å². The Bertz CT molecular complexity index is 1150. The lowest BCUT2D eigenvalue weighted by Gasteiger charge is -2.17. The monoisotopic (exact) mass is 396 g/mol. The summed E-state index contributed by atoms with van der Waals surface area (Å²) in [6.07, 6.45) is 0. The zero-order valence-electron chi connectivity index (χ0n) is 16.4. The largest absolute Gasteiger partial charge is 0.497 e. The summed E-state index contributed by atoms with van der Waals surface area (Å²) in [6.45, 7) is 4.97. The van der Waals surface area contributed by atoms with Crippen molar-refractivity contribution in [3.63, 3.8) is 0 Å². The number of ether oxygens (including phenoxy) is 2. The van der Waals surface area contributed by atoms with Crippen LogP contribution in [0.4, 0.5) is 0 Å². The average molecular weight is 396 g/mol. The molecule has 0 fully saturated rings. The molecule has 1 aromatic heterocycles. The molecule has 0 aliphatic heterocycles. The summed E-state index contributed by atoms with van der Waals surface area (Å²) < 4.78 is 16.3. The highest BCUT2D eigenvalue weighted by Crippen LogP contribution is 2.31. The number of carbonyl (C=O) groups is 2. The van der Waals surface area contributed by atoms with Crippen LogP contribution in [0.3, 0.4) is 0 Å². The lowest BCUT2D eigenvalue weighted by Crippen LogP contribution is -2.26. The van der Waals surface area contributed by atoms with E-state index in [4.69, 9.17) is 13.9 Å². The minimum absolute atomic E-state index is 0.00450. The molecule has 0 amide bonds. The van der Waals surface area contributed by atoms with E-state index >= 15 is 0 Å². The minimum atomic E-state index is -1.24. The van der Waals surface area contributed by atoms with E-state index in [0.717, 1.165) is 6.07 Å². The lowest BCUT2D eigenvalue weighted by molar-refractivity contribution is -0.142. The number of carbonyl (C=O) groups excluding carboxylic acids is 1. The Hall–Kier alpha value is -3.61. The molecule has 0 spiro atoms. The third-order valence-electron chi connectivity index (χ3n) is 4.23. The van der Waals surface area contributed by atoms with Crippen molar-refractivity contribution >= 4 is 22.9 Å². The predicted molar refractivity (Wildman–Crippen MR) is 107 cm³/mol. The number of benzene rings is 2. The van der Waals surface area contributed by atoms with E-state index in [9.17, 15) is 19.5 Å². The second kappa shape index (κ2) is 7.43. The van der Waals surface area contributed by atoms with Crippen molar-refractivity contribution in [1.29, 1.82) is 0 Å². The molecular weight excluding hydrogens is 376 g/mol. The molecule has 0 radical (unpaired) electrons. The number of carboxylic acid groups (broad SMARTS) is 1. The molecule has 7 nitrogen and oxygen atoms in total. The maximum Gasteiger partial charge on any atom is 0.335 e. The van der Waals surface area contributed by atoms with Gasteiger partial charge in [0.05, 0.1) is 18.1 Å². The van der Waals surface area contributed by atoms with Gasteiger partial charge in [0.25, 0.3) is 0 Å². The average Bonchev–Trinajstić information content (AvgIpc) is 2.66. The molecule has 0 aliphatic carbocycles. The van der Waals surface area contributed by atoms with Gasteiger partial charge in [0, 0.05) is 11.6 Å². The van der Waals surface area contributed by atoms with Gasteiger partial charge in [-0.2, -0.15) is 0 Å². The van der Waals surface area contributed by atoms with Crippen LogP contribution >= 0.6 is 0 Å². The third-order valence-corrected chi connectivity index (χ3v) is 4.23. The van der Waals surface area contributed by atoms with Crippen molar-refractivity contribution in [3.8, 4) is 22.8 Å². The Morgan fingerprint density at radius 2 is 1.69 bits per heavy atom. The predicted octanol–water partition coefficient (Wildman–Crippen LogP) is 4.12. The quantitative estimate of drug-likeness (QED) is 0.523. The second-order valence-electron chi connectivity index (χ2n) is 7.50. The molecule has 0 unspecified atom stereocenters. The first kappa shape index (κ1) is 20.1. The van der Waals surface area contributed by atoms with Crippen LogP contribution in [-0.2, 0) is 4.79 Å². The number of hydrogen-bond donors (Lipinski definition) is 1. The summed E-state index contributed by atoms with van der Waals surface area (Å²) in [5, 5.41) is 9.41. The van der Waals surface area contributed by atoms with Crippen LogP contribution in [0, 0.1) is 5.41 Å². The molecule has 3 rings (SSSR count). The molecule has 7 heteroatoms. The first-order chi connectivity index (χ1) is 13.6. The van der Waals surface area contributed by atoms with E-state index in [2.05, 4.69) is 0 Å². The summed E-state index contributed by atoms with van der Waals surface area (Å²) in [7, 11) is 1.54. The number of esters is 1. The Balaban J connectivity index is 2.20. The van der Waals surface area contributed by atoms with Crippen molar-refractivity contribution in [2.24, 2.45) is 5.41 Å². The zero-order valence-corrected chi connectivity index (χ0v) is 16.4. The van der Waals surface area contributed by atoms with E-state index in [1.54, 1.807) is 52.1 Å².